The number of nitrogens with one attached hydrogen (secondary N) is 1. The number of nitrogens with zero attached hydrogens (tertiary/aromatic N) is 7. The summed E-state index contributed by atoms with van der Waals surface area (Å²) < 4.78 is 19.6. The molecule has 4 heterocycles. The summed E-state index contributed by atoms with van der Waals surface area (Å²) in [5.41, 5.74) is 6.79. The number of rotatable bonds is 8. The average molecular weight is 544 g/mol. The zero-order chi connectivity index (χ0) is 27.4. The van der Waals surface area contributed by atoms with Gasteiger partial charge >= 0.3 is 0 Å². The molecule has 0 radical (unpaired) electrons. The molecule has 39 heavy (non-hydrogen) atoms. The molecular weight excluding hydrogens is 501 g/mol. The number of aliphatic imine (C=N–C) groups is 2. The quantitative estimate of drug-likeness (QED) is 0.510. The number of halogens is 1. The van der Waals surface area contributed by atoms with E-state index in [9.17, 15) is 9.18 Å². The number of ether oxygens (including phenoxy) is 1. The van der Waals surface area contributed by atoms with Crippen molar-refractivity contribution in [3.63, 3.8) is 0 Å². The normalized spacial score (nSPS) is 25.1. The second-order valence-corrected chi connectivity index (χ2v) is 10.7. The van der Waals surface area contributed by atoms with Crippen molar-refractivity contribution in [1.82, 2.24) is 24.7 Å². The Labute approximate surface area is 230 Å². The monoisotopic (exact) mass is 543 g/mol. The molecule has 3 fully saturated rings. The van der Waals surface area contributed by atoms with Crippen LogP contribution >= 0.6 is 0 Å². The van der Waals surface area contributed by atoms with Gasteiger partial charge in [0.2, 0.25) is 17.8 Å². The fourth-order valence-electron chi connectivity index (χ4n) is 6.16. The van der Waals surface area contributed by atoms with Crippen LogP contribution in [0, 0.1) is 5.82 Å². The lowest BCUT2D eigenvalue weighted by molar-refractivity contribution is -0.132. The van der Waals surface area contributed by atoms with Gasteiger partial charge in [0.25, 0.3) is 0 Å². The minimum atomic E-state index is -0.454. The van der Waals surface area contributed by atoms with E-state index in [4.69, 9.17) is 15.5 Å². The molecule has 3 N–H and O–H groups in total. The zero-order valence-electron chi connectivity index (χ0n) is 23.2. The van der Waals surface area contributed by atoms with Crippen LogP contribution in [0.15, 0.2) is 28.2 Å². The Bertz CT molecular complexity index is 1070. The van der Waals surface area contributed by atoms with Crippen LogP contribution in [0.1, 0.15) is 39.0 Å². The van der Waals surface area contributed by atoms with Crippen LogP contribution in [0.3, 0.4) is 0 Å². The van der Waals surface area contributed by atoms with Gasteiger partial charge < -0.3 is 25.6 Å². The van der Waals surface area contributed by atoms with Gasteiger partial charge in [-0.2, -0.15) is 4.99 Å². The van der Waals surface area contributed by atoms with E-state index in [0.29, 0.717) is 24.2 Å². The third-order valence-electron chi connectivity index (χ3n) is 8.27. The van der Waals surface area contributed by atoms with Gasteiger partial charge in [-0.15, -0.1) is 0 Å². The Morgan fingerprint density at radius 2 is 1.90 bits per heavy atom. The molecule has 4 aliphatic rings. The number of likely N-dealkylation sites (tertiary alicyclic amines) is 2. The Kier molecular flexibility index (Phi) is 8.83. The Hall–Kier alpha value is -2.96. The van der Waals surface area contributed by atoms with E-state index in [1.54, 1.807) is 12.1 Å². The molecule has 214 valence electrons. The maximum absolute atomic E-state index is 14.5. The number of methoxy groups -OCH3 is 1. The van der Waals surface area contributed by atoms with Crippen LogP contribution in [-0.4, -0.2) is 121 Å². The molecule has 1 aromatic carbocycles. The minimum absolute atomic E-state index is 0.183. The largest absolute Gasteiger partial charge is 0.494 e. The predicted molar refractivity (Wildman–Crippen MR) is 150 cm³/mol. The highest BCUT2D eigenvalue weighted by Crippen LogP contribution is 2.27. The van der Waals surface area contributed by atoms with E-state index < -0.39 is 5.82 Å². The number of guanidine groups is 2. The fourth-order valence-corrected chi connectivity index (χ4v) is 6.16. The molecule has 0 spiro atoms. The van der Waals surface area contributed by atoms with Crippen LogP contribution < -0.4 is 15.8 Å². The minimum Gasteiger partial charge on any atom is -0.494 e. The topological polar surface area (TPSA) is 105 Å². The van der Waals surface area contributed by atoms with Crippen molar-refractivity contribution in [2.75, 3.05) is 71.3 Å². The van der Waals surface area contributed by atoms with Gasteiger partial charge in [0.15, 0.2) is 11.6 Å². The second-order valence-electron chi connectivity index (χ2n) is 10.7. The van der Waals surface area contributed by atoms with Crippen LogP contribution in [-0.2, 0) is 4.79 Å². The van der Waals surface area contributed by atoms with E-state index in [1.807, 2.05) is 4.90 Å². The summed E-state index contributed by atoms with van der Waals surface area (Å²) in [5.74, 6) is 0.691. The molecule has 0 saturated carbocycles. The number of benzene rings is 1. The van der Waals surface area contributed by atoms with Gasteiger partial charge in [0.1, 0.15) is 6.17 Å². The molecule has 0 aromatic heterocycles. The number of amides is 1. The van der Waals surface area contributed by atoms with Crippen molar-refractivity contribution >= 4 is 23.5 Å². The fraction of sp³-hybridized carbons (Fsp3) is 0.667. The van der Waals surface area contributed by atoms with Crippen molar-refractivity contribution in [3.8, 4) is 5.75 Å². The third kappa shape index (κ3) is 6.44. The average Bonchev–Trinajstić information content (AvgIpc) is 3.62. The van der Waals surface area contributed by atoms with Crippen molar-refractivity contribution in [1.29, 1.82) is 0 Å². The Balaban J connectivity index is 1.32. The summed E-state index contributed by atoms with van der Waals surface area (Å²) in [6.07, 6.45) is 5.09. The van der Waals surface area contributed by atoms with Crippen LogP contribution in [0.25, 0.3) is 0 Å². The Morgan fingerprint density at radius 1 is 1.13 bits per heavy atom. The zero-order valence-corrected chi connectivity index (χ0v) is 23.2. The maximum atomic E-state index is 14.5. The van der Waals surface area contributed by atoms with Gasteiger partial charge in [-0.25, -0.2) is 14.4 Å². The summed E-state index contributed by atoms with van der Waals surface area (Å²) >= 11 is 0. The van der Waals surface area contributed by atoms with Gasteiger partial charge in [-0.3, -0.25) is 14.7 Å². The first-order chi connectivity index (χ1) is 18.9. The first kappa shape index (κ1) is 27.6. The number of carbonyl (C=O) groups excluding carboxylic acids is 1. The van der Waals surface area contributed by atoms with Crippen molar-refractivity contribution in [2.24, 2.45) is 15.7 Å². The summed E-state index contributed by atoms with van der Waals surface area (Å²) in [6, 6.07) is 5.16. The van der Waals surface area contributed by atoms with Crippen LogP contribution in [0.2, 0.25) is 0 Å². The van der Waals surface area contributed by atoms with Crippen molar-refractivity contribution < 1.29 is 13.9 Å². The van der Waals surface area contributed by atoms with Gasteiger partial charge in [-0.1, -0.05) is 6.92 Å². The maximum Gasteiger partial charge on any atom is 0.236 e. The number of piperazine rings is 1. The van der Waals surface area contributed by atoms with Crippen LogP contribution in [0.4, 0.5) is 10.1 Å². The molecule has 0 aliphatic carbocycles. The molecule has 2 atom stereocenters. The number of hydrogen-bond donors (Lipinski definition) is 2. The molecule has 2 unspecified atom stereocenters. The van der Waals surface area contributed by atoms with E-state index >= 15 is 0 Å². The molecule has 3 saturated heterocycles. The lowest BCUT2D eigenvalue weighted by atomic mass is 10.1. The molecular formula is C27H42FN9O2. The highest BCUT2D eigenvalue weighted by Gasteiger charge is 2.37. The summed E-state index contributed by atoms with van der Waals surface area (Å²) in [5, 5.41) is 7.65. The van der Waals surface area contributed by atoms with Gasteiger partial charge in [0.05, 0.1) is 13.7 Å². The number of anilines is 1. The Morgan fingerprint density at radius 3 is 2.59 bits per heavy atom. The highest BCUT2D eigenvalue weighted by molar-refractivity contribution is 6.02. The van der Waals surface area contributed by atoms with E-state index in [2.05, 4.69) is 37.1 Å². The molecule has 4 aliphatic heterocycles. The second kappa shape index (κ2) is 12.5. The number of carbonyl (C=O) groups is 1. The molecule has 5 rings (SSSR count). The third-order valence-corrected chi connectivity index (χ3v) is 8.27. The lowest BCUT2D eigenvalue weighted by Crippen LogP contribution is -2.62. The first-order valence-electron chi connectivity index (χ1n) is 14.3. The van der Waals surface area contributed by atoms with Crippen molar-refractivity contribution in [2.45, 2.75) is 51.2 Å². The van der Waals surface area contributed by atoms with Gasteiger partial charge in [0, 0.05) is 63.5 Å². The highest BCUT2D eigenvalue weighted by atomic mass is 19.1. The number of hydrogen-bond acceptors (Lipinski definition) is 10. The molecule has 0 bridgehead atoms. The standard InChI is InChI=1S/C27H42FN9O2/c1-3-34-12-6-7-21(34)18-24-31-26(29)32-27(30-20-8-9-23(39-2)22(28)17-20)37(24)36-15-13-33(14-16-36)19-25(38)35-10-4-5-11-35/h8-9,17,21,24H,3-7,10-16,18-19H2,1-2H3,(H3,29,30,31,32). The van der Waals surface area contributed by atoms with Crippen LogP contribution in [0.5, 0.6) is 5.75 Å². The van der Waals surface area contributed by atoms with E-state index in [0.717, 1.165) is 78.0 Å². The van der Waals surface area contributed by atoms with Gasteiger partial charge in [-0.05, 0) is 50.9 Å². The summed E-state index contributed by atoms with van der Waals surface area (Å²) in [7, 11) is 1.45. The van der Waals surface area contributed by atoms with E-state index in [-0.39, 0.29) is 23.8 Å². The first-order valence-corrected chi connectivity index (χ1v) is 14.3. The SMILES string of the molecule is CCN1CCCC1CC1N=C(N)N=C(Nc2ccc(OC)c(F)c2)N1N1CCN(CC(=O)N2CCCC2)CC1. The smallest absolute Gasteiger partial charge is 0.236 e. The van der Waals surface area contributed by atoms with E-state index in [1.165, 1.54) is 19.6 Å². The molecule has 1 amide bonds. The number of nitrogens with two attached hydrogens (primary N) is 1. The lowest BCUT2D eigenvalue weighted by Gasteiger charge is -2.46. The van der Waals surface area contributed by atoms with Crippen molar-refractivity contribution in [3.05, 3.63) is 24.0 Å². The number of hydrazine groups is 1. The predicted octanol–water partition coefficient (Wildman–Crippen LogP) is 1.59. The molecule has 1 aromatic rings. The molecule has 11 nitrogen and oxygen atoms in total. The molecule has 12 heteroatoms. The summed E-state index contributed by atoms with van der Waals surface area (Å²) in [4.78, 5) is 28.8. The summed E-state index contributed by atoms with van der Waals surface area (Å²) in [6.45, 7) is 9.48.